The van der Waals surface area contributed by atoms with Crippen LogP contribution in [0.3, 0.4) is 0 Å². The van der Waals surface area contributed by atoms with Gasteiger partial charge in [0, 0.05) is 33.1 Å². The molecule has 1 aliphatic rings. The van der Waals surface area contributed by atoms with E-state index in [4.69, 9.17) is 0 Å². The Labute approximate surface area is 193 Å². The lowest BCUT2D eigenvalue weighted by Crippen LogP contribution is -2.54. The summed E-state index contributed by atoms with van der Waals surface area (Å²) in [6.07, 6.45) is 0. The lowest BCUT2D eigenvalue weighted by molar-refractivity contribution is -0.130. The lowest BCUT2D eigenvalue weighted by atomic mass is 10.1. The minimum atomic E-state index is -4.16. The first kappa shape index (κ1) is 24.2. The highest BCUT2D eigenvalue weighted by Gasteiger charge is 2.34. The van der Waals surface area contributed by atoms with Crippen molar-refractivity contribution in [2.45, 2.75) is 25.3 Å². The van der Waals surface area contributed by atoms with Crippen LogP contribution in [0.1, 0.15) is 28.4 Å². The van der Waals surface area contributed by atoms with Crippen LogP contribution in [-0.4, -0.2) is 73.7 Å². The molecule has 0 spiro atoms. The standard InChI is InChI=1S/C23H27N3O6S/c1-17-4-10-21(11-5-17)33(30,31)26(16-19-6-8-20(9-7-19)22(28)32-3)23(29)25-14-12-24(13-15-25)18(2)27/h4-11H,12-16H2,1-3H3. The number of carbonyl (C=O) groups is 3. The maximum absolute atomic E-state index is 13.5. The van der Waals surface area contributed by atoms with E-state index < -0.39 is 22.0 Å². The van der Waals surface area contributed by atoms with Crippen LogP contribution in [0.25, 0.3) is 0 Å². The third-order valence-corrected chi connectivity index (χ3v) is 7.25. The molecule has 2 aromatic rings. The van der Waals surface area contributed by atoms with E-state index in [1.54, 1.807) is 29.2 Å². The number of rotatable bonds is 5. The maximum atomic E-state index is 13.5. The highest BCUT2D eigenvalue weighted by molar-refractivity contribution is 7.89. The van der Waals surface area contributed by atoms with Crippen molar-refractivity contribution in [3.8, 4) is 0 Å². The van der Waals surface area contributed by atoms with Crippen molar-refractivity contribution in [2.24, 2.45) is 0 Å². The number of amides is 3. The van der Waals surface area contributed by atoms with Crippen LogP contribution in [0.4, 0.5) is 4.79 Å². The second kappa shape index (κ2) is 10.0. The Bertz CT molecular complexity index is 1120. The van der Waals surface area contributed by atoms with Gasteiger partial charge in [0.25, 0.3) is 10.0 Å². The molecule has 0 aliphatic carbocycles. The van der Waals surface area contributed by atoms with E-state index in [0.717, 1.165) is 9.87 Å². The molecule has 3 rings (SSSR count). The molecule has 3 amide bonds. The molecule has 0 atom stereocenters. The van der Waals surface area contributed by atoms with Gasteiger partial charge in [0.1, 0.15) is 0 Å². The molecule has 1 fully saturated rings. The third kappa shape index (κ3) is 5.51. The molecule has 1 saturated heterocycles. The summed E-state index contributed by atoms with van der Waals surface area (Å²) >= 11 is 0. The molecule has 0 aromatic heterocycles. The SMILES string of the molecule is COC(=O)c1ccc(CN(C(=O)N2CCN(C(C)=O)CC2)S(=O)(=O)c2ccc(C)cc2)cc1. The molecule has 1 heterocycles. The van der Waals surface area contributed by atoms with E-state index in [-0.39, 0.29) is 30.4 Å². The smallest absolute Gasteiger partial charge is 0.337 e. The summed E-state index contributed by atoms with van der Waals surface area (Å²) in [6, 6.07) is 11.9. The number of methoxy groups -OCH3 is 1. The van der Waals surface area contributed by atoms with Crippen molar-refractivity contribution in [1.82, 2.24) is 14.1 Å². The highest BCUT2D eigenvalue weighted by atomic mass is 32.2. The molecule has 10 heteroatoms. The number of esters is 1. The molecule has 0 saturated carbocycles. The number of hydrogen-bond donors (Lipinski definition) is 0. The quantitative estimate of drug-likeness (QED) is 0.617. The van der Waals surface area contributed by atoms with E-state index >= 15 is 0 Å². The number of nitrogens with zero attached hydrogens (tertiary/aromatic N) is 3. The summed E-state index contributed by atoms with van der Waals surface area (Å²) < 4.78 is 32.5. The molecule has 0 bridgehead atoms. The van der Waals surface area contributed by atoms with Crippen molar-refractivity contribution in [2.75, 3.05) is 33.3 Å². The molecule has 0 unspecified atom stereocenters. The Morgan fingerprint density at radius 3 is 1.97 bits per heavy atom. The number of ether oxygens (including phenoxy) is 1. The van der Waals surface area contributed by atoms with Crippen molar-refractivity contribution < 1.29 is 27.5 Å². The van der Waals surface area contributed by atoms with Crippen LogP contribution in [-0.2, 0) is 26.1 Å². The lowest BCUT2D eigenvalue weighted by Gasteiger charge is -2.36. The summed E-state index contributed by atoms with van der Waals surface area (Å²) in [5.74, 6) is -0.595. The van der Waals surface area contributed by atoms with Crippen molar-refractivity contribution >= 4 is 27.9 Å². The predicted octanol–water partition coefficient (Wildman–Crippen LogP) is 2.26. The first-order chi connectivity index (χ1) is 15.6. The largest absolute Gasteiger partial charge is 0.465 e. The van der Waals surface area contributed by atoms with Gasteiger partial charge >= 0.3 is 12.0 Å². The fourth-order valence-corrected chi connectivity index (χ4v) is 4.87. The second-order valence-corrected chi connectivity index (χ2v) is 9.65. The number of sulfonamides is 1. The molecule has 33 heavy (non-hydrogen) atoms. The average Bonchev–Trinajstić information content (AvgIpc) is 2.82. The Morgan fingerprint density at radius 2 is 1.45 bits per heavy atom. The van der Waals surface area contributed by atoms with Crippen LogP contribution >= 0.6 is 0 Å². The van der Waals surface area contributed by atoms with Gasteiger partial charge < -0.3 is 14.5 Å². The summed E-state index contributed by atoms with van der Waals surface area (Å²) in [4.78, 5) is 39.7. The molecule has 176 valence electrons. The molecular formula is C23H27N3O6S. The molecular weight excluding hydrogens is 446 g/mol. The first-order valence-corrected chi connectivity index (χ1v) is 11.9. The minimum Gasteiger partial charge on any atom is -0.465 e. The van der Waals surface area contributed by atoms with Crippen molar-refractivity contribution in [3.63, 3.8) is 0 Å². The zero-order chi connectivity index (χ0) is 24.2. The van der Waals surface area contributed by atoms with E-state index in [2.05, 4.69) is 4.74 Å². The van der Waals surface area contributed by atoms with Gasteiger partial charge in [0.15, 0.2) is 0 Å². The van der Waals surface area contributed by atoms with Crippen LogP contribution in [0, 0.1) is 6.92 Å². The zero-order valence-electron chi connectivity index (χ0n) is 18.9. The van der Waals surface area contributed by atoms with Crippen LogP contribution in [0.15, 0.2) is 53.4 Å². The second-order valence-electron chi connectivity index (χ2n) is 7.79. The molecule has 1 aliphatic heterocycles. The van der Waals surface area contributed by atoms with E-state index in [0.29, 0.717) is 24.2 Å². The molecule has 2 aromatic carbocycles. The molecule has 9 nitrogen and oxygen atoms in total. The number of hydrogen-bond acceptors (Lipinski definition) is 6. The van der Waals surface area contributed by atoms with E-state index in [1.165, 1.54) is 43.2 Å². The Kier molecular flexibility index (Phi) is 7.37. The average molecular weight is 474 g/mol. The van der Waals surface area contributed by atoms with Gasteiger partial charge in [-0.2, -0.15) is 0 Å². The van der Waals surface area contributed by atoms with Crippen molar-refractivity contribution in [1.29, 1.82) is 0 Å². The van der Waals surface area contributed by atoms with Gasteiger partial charge in [-0.05, 0) is 36.8 Å². The van der Waals surface area contributed by atoms with Crippen LogP contribution in [0.5, 0.6) is 0 Å². The number of benzene rings is 2. The Morgan fingerprint density at radius 1 is 0.909 bits per heavy atom. The van der Waals surface area contributed by atoms with Gasteiger partial charge in [-0.3, -0.25) is 4.79 Å². The maximum Gasteiger partial charge on any atom is 0.337 e. The van der Waals surface area contributed by atoms with Gasteiger partial charge in [-0.1, -0.05) is 29.8 Å². The van der Waals surface area contributed by atoms with Gasteiger partial charge in [0.05, 0.1) is 24.1 Å². The number of piperazine rings is 1. The normalized spacial score (nSPS) is 14.0. The zero-order valence-corrected chi connectivity index (χ0v) is 19.7. The number of aryl methyl sites for hydroxylation is 1. The highest BCUT2D eigenvalue weighted by Crippen LogP contribution is 2.22. The van der Waals surface area contributed by atoms with Gasteiger partial charge in [-0.25, -0.2) is 22.3 Å². The fraction of sp³-hybridized carbons (Fsp3) is 0.348. The summed E-state index contributed by atoms with van der Waals surface area (Å²) in [7, 11) is -2.88. The summed E-state index contributed by atoms with van der Waals surface area (Å²) in [5, 5.41) is 0. The Balaban J connectivity index is 1.91. The third-order valence-electron chi connectivity index (χ3n) is 5.52. The van der Waals surface area contributed by atoms with Crippen LogP contribution < -0.4 is 0 Å². The number of carbonyl (C=O) groups excluding carboxylic acids is 3. The minimum absolute atomic E-state index is 0.00926. The summed E-state index contributed by atoms with van der Waals surface area (Å²) in [5.41, 5.74) is 1.75. The first-order valence-electron chi connectivity index (χ1n) is 10.4. The summed E-state index contributed by atoms with van der Waals surface area (Å²) in [6.45, 7) is 4.25. The topological polar surface area (TPSA) is 104 Å². The van der Waals surface area contributed by atoms with Gasteiger partial charge in [0.2, 0.25) is 5.91 Å². The van der Waals surface area contributed by atoms with E-state index in [9.17, 15) is 22.8 Å². The van der Waals surface area contributed by atoms with Crippen LogP contribution in [0.2, 0.25) is 0 Å². The monoisotopic (exact) mass is 473 g/mol. The fourth-order valence-electron chi connectivity index (χ4n) is 3.49. The van der Waals surface area contributed by atoms with E-state index in [1.807, 2.05) is 6.92 Å². The van der Waals surface area contributed by atoms with Crippen molar-refractivity contribution in [3.05, 3.63) is 65.2 Å². The number of urea groups is 1. The Hall–Kier alpha value is -3.40. The molecule has 0 N–H and O–H groups in total. The molecule has 0 radical (unpaired) electrons. The predicted molar refractivity (Wildman–Crippen MR) is 121 cm³/mol. The van der Waals surface area contributed by atoms with Gasteiger partial charge in [-0.15, -0.1) is 0 Å².